The maximum absolute atomic E-state index is 12.1. The van der Waals surface area contributed by atoms with Crippen LogP contribution in [0.1, 0.15) is 25.0 Å². The van der Waals surface area contributed by atoms with E-state index in [2.05, 4.69) is 17.4 Å². The van der Waals surface area contributed by atoms with Crippen LogP contribution in [0.3, 0.4) is 0 Å². The minimum absolute atomic E-state index is 0.0628. The zero-order valence-corrected chi connectivity index (χ0v) is 14.4. The Morgan fingerprint density at radius 1 is 1.08 bits per heavy atom. The van der Waals surface area contributed by atoms with Gasteiger partial charge in [0.25, 0.3) is 0 Å². The number of nitrogens with two attached hydrogens (primary N) is 1. The van der Waals surface area contributed by atoms with Crippen molar-refractivity contribution in [3.63, 3.8) is 0 Å². The first-order valence-corrected chi connectivity index (χ1v) is 8.33. The molecule has 0 heterocycles. The van der Waals surface area contributed by atoms with Crippen molar-refractivity contribution in [1.82, 2.24) is 0 Å². The molecule has 0 aromatic heterocycles. The molecule has 0 aliphatic carbocycles. The highest BCUT2D eigenvalue weighted by molar-refractivity contribution is 5.92. The third-order valence-electron chi connectivity index (χ3n) is 4.04. The fraction of sp³-hybridized carbons (Fsp3) is 0.350. The Morgan fingerprint density at radius 2 is 1.79 bits per heavy atom. The minimum atomic E-state index is -0.226. The first kappa shape index (κ1) is 18.2. The number of carbonyl (C=O) groups excluding carboxylic acids is 1. The molecule has 3 N–H and O–H groups in total. The van der Waals surface area contributed by atoms with Crippen LogP contribution in [-0.4, -0.2) is 18.6 Å². The van der Waals surface area contributed by atoms with Crippen LogP contribution in [0.2, 0.25) is 0 Å². The first-order chi connectivity index (χ1) is 11.6. The van der Waals surface area contributed by atoms with E-state index in [-0.39, 0.29) is 17.9 Å². The number of ether oxygens (including phenoxy) is 1. The van der Waals surface area contributed by atoms with Crippen LogP contribution in [0.5, 0.6) is 0 Å². The highest BCUT2D eigenvalue weighted by atomic mass is 16.5. The first-order valence-electron chi connectivity index (χ1n) is 8.33. The fourth-order valence-corrected chi connectivity index (χ4v) is 2.26. The number of anilines is 1. The van der Waals surface area contributed by atoms with Crippen molar-refractivity contribution in [2.45, 2.75) is 32.9 Å². The van der Waals surface area contributed by atoms with E-state index in [0.717, 1.165) is 17.7 Å². The number of amides is 1. The van der Waals surface area contributed by atoms with E-state index < -0.39 is 0 Å². The molecule has 2 rings (SSSR count). The minimum Gasteiger partial charge on any atom is -0.376 e. The summed E-state index contributed by atoms with van der Waals surface area (Å²) in [6.45, 7) is 4.86. The van der Waals surface area contributed by atoms with E-state index in [1.54, 1.807) is 0 Å². The highest BCUT2D eigenvalue weighted by Crippen LogP contribution is 2.14. The summed E-state index contributed by atoms with van der Waals surface area (Å²) in [5.74, 6) is -0.289. The van der Waals surface area contributed by atoms with Crippen LogP contribution < -0.4 is 11.1 Å². The van der Waals surface area contributed by atoms with Crippen LogP contribution in [0.4, 0.5) is 5.69 Å². The number of carbonyl (C=O) groups is 1. The van der Waals surface area contributed by atoms with Crippen molar-refractivity contribution < 1.29 is 9.53 Å². The van der Waals surface area contributed by atoms with Gasteiger partial charge in [-0.05, 0) is 36.6 Å². The van der Waals surface area contributed by atoms with Gasteiger partial charge in [-0.3, -0.25) is 4.79 Å². The largest absolute Gasteiger partial charge is 0.376 e. The standard InChI is InChI=1S/C20H26N2O2/c1-15(16(2)21)20(23)22-19-10-6-9-18(13-19)14-24-12-11-17-7-4-3-5-8-17/h3-10,13,15-16H,11-12,14,21H2,1-2H3,(H,22,23). The summed E-state index contributed by atoms with van der Waals surface area (Å²) in [5.41, 5.74) is 8.85. The molecule has 24 heavy (non-hydrogen) atoms. The molecule has 0 aliphatic rings. The second kappa shape index (κ2) is 9.21. The van der Waals surface area contributed by atoms with Gasteiger partial charge in [0.1, 0.15) is 0 Å². The second-order valence-electron chi connectivity index (χ2n) is 6.13. The lowest BCUT2D eigenvalue weighted by molar-refractivity contribution is -0.119. The molecule has 0 radical (unpaired) electrons. The average molecular weight is 326 g/mol. The molecule has 0 saturated heterocycles. The number of rotatable bonds is 8. The van der Waals surface area contributed by atoms with Gasteiger partial charge in [-0.25, -0.2) is 0 Å². The summed E-state index contributed by atoms with van der Waals surface area (Å²) >= 11 is 0. The molecule has 0 bridgehead atoms. The summed E-state index contributed by atoms with van der Waals surface area (Å²) in [4.78, 5) is 12.1. The third kappa shape index (κ3) is 5.80. The second-order valence-corrected chi connectivity index (χ2v) is 6.13. The van der Waals surface area contributed by atoms with Crippen LogP contribution >= 0.6 is 0 Å². The highest BCUT2D eigenvalue weighted by Gasteiger charge is 2.16. The monoisotopic (exact) mass is 326 g/mol. The quantitative estimate of drug-likeness (QED) is 0.731. The van der Waals surface area contributed by atoms with Crippen molar-refractivity contribution in [3.05, 3.63) is 65.7 Å². The average Bonchev–Trinajstić information content (AvgIpc) is 2.59. The maximum atomic E-state index is 12.1. The fourth-order valence-electron chi connectivity index (χ4n) is 2.26. The number of hydrogen-bond acceptors (Lipinski definition) is 3. The lowest BCUT2D eigenvalue weighted by Gasteiger charge is -2.15. The summed E-state index contributed by atoms with van der Waals surface area (Å²) in [7, 11) is 0. The third-order valence-corrected chi connectivity index (χ3v) is 4.04. The van der Waals surface area contributed by atoms with Gasteiger partial charge in [0, 0.05) is 11.7 Å². The molecule has 0 spiro atoms. The molecule has 4 heteroatoms. The molecule has 1 amide bonds. The Hall–Kier alpha value is -2.17. The number of hydrogen-bond donors (Lipinski definition) is 2. The summed E-state index contributed by atoms with van der Waals surface area (Å²) in [5, 5.41) is 2.91. The van der Waals surface area contributed by atoms with Gasteiger partial charge >= 0.3 is 0 Å². The summed E-state index contributed by atoms with van der Waals surface area (Å²) in [6.07, 6.45) is 0.892. The van der Waals surface area contributed by atoms with Crippen LogP contribution in [0, 0.1) is 5.92 Å². The maximum Gasteiger partial charge on any atom is 0.228 e. The summed E-state index contributed by atoms with van der Waals surface area (Å²) in [6, 6.07) is 17.8. The van der Waals surface area contributed by atoms with Crippen molar-refractivity contribution >= 4 is 11.6 Å². The summed E-state index contributed by atoms with van der Waals surface area (Å²) < 4.78 is 5.74. The molecule has 2 aromatic carbocycles. The van der Waals surface area contributed by atoms with Gasteiger partial charge in [-0.1, -0.05) is 49.4 Å². The van der Waals surface area contributed by atoms with E-state index in [9.17, 15) is 4.79 Å². The van der Waals surface area contributed by atoms with Gasteiger partial charge in [0.2, 0.25) is 5.91 Å². The van der Waals surface area contributed by atoms with Crippen LogP contribution in [0.25, 0.3) is 0 Å². The molecule has 0 aliphatic heterocycles. The Kier molecular flexibility index (Phi) is 6.97. The molecule has 2 unspecified atom stereocenters. The van der Waals surface area contributed by atoms with E-state index in [0.29, 0.717) is 13.2 Å². The predicted molar refractivity (Wildman–Crippen MR) is 97.7 cm³/mol. The topological polar surface area (TPSA) is 64.4 Å². The number of benzene rings is 2. The molecule has 2 atom stereocenters. The zero-order valence-electron chi connectivity index (χ0n) is 14.4. The Labute approximate surface area is 144 Å². The van der Waals surface area contributed by atoms with Crippen molar-refractivity contribution in [2.75, 3.05) is 11.9 Å². The lowest BCUT2D eigenvalue weighted by Crippen LogP contribution is -2.34. The Morgan fingerprint density at radius 3 is 2.50 bits per heavy atom. The van der Waals surface area contributed by atoms with E-state index in [1.807, 2.05) is 56.3 Å². The Balaban J connectivity index is 1.81. The zero-order chi connectivity index (χ0) is 17.4. The molecular weight excluding hydrogens is 300 g/mol. The van der Waals surface area contributed by atoms with Crippen molar-refractivity contribution in [2.24, 2.45) is 11.7 Å². The normalized spacial score (nSPS) is 13.3. The van der Waals surface area contributed by atoms with Gasteiger partial charge in [0.15, 0.2) is 0 Å². The molecule has 0 fully saturated rings. The smallest absolute Gasteiger partial charge is 0.228 e. The molecular formula is C20H26N2O2. The van der Waals surface area contributed by atoms with Gasteiger partial charge in [-0.15, -0.1) is 0 Å². The SMILES string of the molecule is CC(N)C(C)C(=O)Nc1cccc(COCCc2ccccc2)c1. The Bertz CT molecular complexity index is 641. The molecule has 2 aromatic rings. The van der Waals surface area contributed by atoms with Gasteiger partial charge in [0.05, 0.1) is 19.1 Å². The lowest BCUT2D eigenvalue weighted by atomic mass is 10.0. The number of nitrogens with one attached hydrogen (secondary N) is 1. The van der Waals surface area contributed by atoms with Crippen LogP contribution in [0.15, 0.2) is 54.6 Å². The van der Waals surface area contributed by atoms with Crippen molar-refractivity contribution in [3.8, 4) is 0 Å². The van der Waals surface area contributed by atoms with Crippen molar-refractivity contribution in [1.29, 1.82) is 0 Å². The van der Waals surface area contributed by atoms with Gasteiger partial charge in [-0.2, -0.15) is 0 Å². The van der Waals surface area contributed by atoms with E-state index in [4.69, 9.17) is 10.5 Å². The molecule has 4 nitrogen and oxygen atoms in total. The van der Waals surface area contributed by atoms with Crippen LogP contribution in [-0.2, 0) is 22.6 Å². The van der Waals surface area contributed by atoms with E-state index in [1.165, 1.54) is 5.56 Å². The predicted octanol–water partition coefficient (Wildman–Crippen LogP) is 3.37. The molecule has 128 valence electrons. The van der Waals surface area contributed by atoms with E-state index >= 15 is 0 Å². The molecule has 0 saturated carbocycles. The van der Waals surface area contributed by atoms with Gasteiger partial charge < -0.3 is 15.8 Å².